The Balaban J connectivity index is 1.10. The summed E-state index contributed by atoms with van der Waals surface area (Å²) in [5, 5.41) is 1.89. The van der Waals surface area contributed by atoms with Gasteiger partial charge in [0.2, 0.25) is 0 Å². The van der Waals surface area contributed by atoms with E-state index in [-0.39, 0.29) is 16.9 Å². The van der Waals surface area contributed by atoms with Crippen LogP contribution in [0.25, 0.3) is 0 Å². The highest BCUT2D eigenvalue weighted by Gasteiger charge is 2.69. The lowest BCUT2D eigenvalue weighted by molar-refractivity contribution is -0.290. The second-order valence-electron chi connectivity index (χ2n) is 18.3. The van der Waals surface area contributed by atoms with Gasteiger partial charge in [0, 0.05) is 33.1 Å². The first-order chi connectivity index (χ1) is 26.3. The van der Waals surface area contributed by atoms with Crippen molar-refractivity contribution in [3.63, 3.8) is 0 Å². The van der Waals surface area contributed by atoms with Crippen molar-refractivity contribution < 1.29 is 65.5 Å². The summed E-state index contributed by atoms with van der Waals surface area (Å²) >= 11 is 0. The van der Waals surface area contributed by atoms with E-state index in [1.807, 2.05) is 5.32 Å². The van der Waals surface area contributed by atoms with Crippen molar-refractivity contribution in [2.45, 2.75) is 161 Å². The number of halogens is 3. The van der Waals surface area contributed by atoms with Crippen LogP contribution in [-0.2, 0) is 52.3 Å². The average molecular weight is 798 g/mol. The maximum absolute atomic E-state index is 13.7. The molecular formula is C41H58F3NO11. The predicted octanol–water partition coefficient (Wildman–Crippen LogP) is 5.94. The Kier molecular flexibility index (Phi) is 11.2. The summed E-state index contributed by atoms with van der Waals surface area (Å²) in [4.78, 5) is 48.6. The zero-order chi connectivity index (χ0) is 40.5. The molecule has 0 aromatic carbocycles. The van der Waals surface area contributed by atoms with Crippen LogP contribution in [0.4, 0.5) is 13.2 Å². The highest BCUT2D eigenvalue weighted by molar-refractivity contribution is 5.82. The topological polar surface area (TPSA) is 145 Å². The summed E-state index contributed by atoms with van der Waals surface area (Å²) < 4.78 is 82.9. The van der Waals surface area contributed by atoms with Gasteiger partial charge >= 0.3 is 30.0 Å². The molecule has 15 heteroatoms. The minimum atomic E-state index is -5.30. The number of amides is 1. The molecule has 6 fully saturated rings. The first-order valence-corrected chi connectivity index (χ1v) is 20.4. The fourth-order valence-electron chi connectivity index (χ4n) is 12.4. The maximum atomic E-state index is 13.7. The second-order valence-corrected chi connectivity index (χ2v) is 18.3. The highest BCUT2D eigenvalue weighted by atomic mass is 19.4. The number of carbonyl (C=O) groups is 4. The molecule has 3 aliphatic heterocycles. The number of alkyl halides is 3. The van der Waals surface area contributed by atoms with E-state index in [0.29, 0.717) is 48.3 Å². The van der Waals surface area contributed by atoms with Crippen molar-refractivity contribution in [2.24, 2.45) is 46.3 Å². The van der Waals surface area contributed by atoms with Crippen LogP contribution in [0.3, 0.4) is 0 Å². The first kappa shape index (κ1) is 41.4. The van der Waals surface area contributed by atoms with E-state index in [4.69, 9.17) is 33.2 Å². The number of hydrogen-bond donors (Lipinski definition) is 1. The molecule has 7 rings (SSSR count). The molecule has 0 bridgehead atoms. The van der Waals surface area contributed by atoms with Gasteiger partial charge in [0.25, 0.3) is 0 Å². The number of ether oxygens (including phenoxy) is 7. The van der Waals surface area contributed by atoms with Gasteiger partial charge in [0.1, 0.15) is 18.8 Å². The minimum Gasteiger partial charge on any atom is -0.463 e. The molecule has 4 aliphatic carbocycles. The van der Waals surface area contributed by atoms with E-state index in [2.05, 4.69) is 33.8 Å². The zero-order valence-corrected chi connectivity index (χ0v) is 33.5. The molecule has 0 radical (unpaired) electrons. The van der Waals surface area contributed by atoms with Gasteiger partial charge < -0.3 is 38.5 Å². The van der Waals surface area contributed by atoms with Crippen LogP contribution in [0.15, 0.2) is 11.6 Å². The van der Waals surface area contributed by atoms with Gasteiger partial charge in [-0.05, 0) is 91.8 Å². The molecule has 1 spiro atoms. The van der Waals surface area contributed by atoms with E-state index < -0.39 is 79.1 Å². The number of hydrogen-bond acceptors (Lipinski definition) is 11. The Morgan fingerprint density at radius 3 is 2.29 bits per heavy atom. The fourth-order valence-corrected chi connectivity index (χ4v) is 12.4. The maximum Gasteiger partial charge on any atom is 0.471 e. The molecule has 16 atom stereocenters. The number of rotatable bonds is 7. The quantitative estimate of drug-likeness (QED) is 0.186. The summed E-state index contributed by atoms with van der Waals surface area (Å²) in [5.41, 5.74) is 1.29. The van der Waals surface area contributed by atoms with Crippen molar-refractivity contribution in [3.8, 4) is 0 Å². The minimum absolute atomic E-state index is 0.103. The van der Waals surface area contributed by atoms with E-state index in [0.717, 1.165) is 72.3 Å². The number of nitrogens with one attached hydrogen (secondary N) is 1. The van der Waals surface area contributed by atoms with Gasteiger partial charge in [-0.15, -0.1) is 0 Å². The van der Waals surface area contributed by atoms with Crippen LogP contribution in [0, 0.1) is 46.3 Å². The fraction of sp³-hybridized carbons (Fsp3) is 0.854. The van der Waals surface area contributed by atoms with Gasteiger partial charge in [-0.1, -0.05) is 39.3 Å². The summed E-state index contributed by atoms with van der Waals surface area (Å²) in [7, 11) is 0. The lowest BCUT2D eigenvalue weighted by Crippen LogP contribution is -2.68. The molecule has 12 nitrogen and oxygen atoms in total. The van der Waals surface area contributed by atoms with Crippen molar-refractivity contribution in [3.05, 3.63) is 11.6 Å². The van der Waals surface area contributed by atoms with Crippen LogP contribution in [0.1, 0.15) is 106 Å². The van der Waals surface area contributed by atoms with Crippen LogP contribution in [0.2, 0.25) is 0 Å². The molecule has 1 N–H and O–H groups in total. The van der Waals surface area contributed by atoms with Gasteiger partial charge in [-0.2, -0.15) is 13.2 Å². The smallest absolute Gasteiger partial charge is 0.463 e. The first-order valence-electron chi connectivity index (χ1n) is 20.4. The van der Waals surface area contributed by atoms with Crippen molar-refractivity contribution in [1.29, 1.82) is 0 Å². The molecule has 0 unspecified atom stereocenters. The lowest BCUT2D eigenvalue weighted by Gasteiger charge is -2.58. The van der Waals surface area contributed by atoms with Crippen molar-refractivity contribution >= 4 is 23.8 Å². The largest absolute Gasteiger partial charge is 0.471 e. The average Bonchev–Trinajstić information content (AvgIpc) is 3.56. The third kappa shape index (κ3) is 7.40. The molecule has 3 saturated heterocycles. The number of carbonyl (C=O) groups excluding carboxylic acids is 4. The Morgan fingerprint density at radius 2 is 1.64 bits per heavy atom. The number of esters is 3. The van der Waals surface area contributed by atoms with E-state index >= 15 is 0 Å². The molecule has 314 valence electrons. The van der Waals surface area contributed by atoms with E-state index in [1.165, 1.54) is 5.57 Å². The summed E-state index contributed by atoms with van der Waals surface area (Å²) in [5.74, 6) is -2.44. The summed E-state index contributed by atoms with van der Waals surface area (Å²) in [6.07, 6.45) is -1.30. The third-order valence-electron chi connectivity index (χ3n) is 14.9. The van der Waals surface area contributed by atoms with Crippen LogP contribution < -0.4 is 5.32 Å². The molecule has 3 heterocycles. The van der Waals surface area contributed by atoms with Crippen LogP contribution >= 0.6 is 0 Å². The number of fused-ring (bicyclic) bond motifs is 7. The second kappa shape index (κ2) is 15.1. The van der Waals surface area contributed by atoms with Crippen LogP contribution in [0.5, 0.6) is 0 Å². The zero-order valence-electron chi connectivity index (χ0n) is 33.5. The Hall–Kier alpha value is -2.75. The van der Waals surface area contributed by atoms with Gasteiger partial charge in [-0.3, -0.25) is 19.2 Å². The summed E-state index contributed by atoms with van der Waals surface area (Å²) in [6.45, 7) is 12.9. The molecule has 7 aliphatic rings. The predicted molar refractivity (Wildman–Crippen MR) is 191 cm³/mol. The highest BCUT2D eigenvalue weighted by Crippen LogP contribution is 2.70. The molecule has 0 aromatic heterocycles. The van der Waals surface area contributed by atoms with Gasteiger partial charge in [0.15, 0.2) is 24.3 Å². The lowest BCUT2D eigenvalue weighted by atomic mass is 9.47. The SMILES string of the molecule is CC(=O)OC[C@H]1O[C@@H](O[C@H]2CC[C@@]3(C)C(=CC[C@H]4[C@@H]5C[C@@H]6O[C@]7(CC[C@@H](C)CO7)[C@@H](C)[C@@H]6[C@@]5(C)CC[C@@H]43)C2)[C@H](NC(=O)C(F)(F)F)[C@@H](OC(C)=O)[C@@H]1OC(C)=O. The van der Waals surface area contributed by atoms with Crippen molar-refractivity contribution in [2.75, 3.05) is 13.2 Å². The normalized spacial score (nSPS) is 45.7. The van der Waals surface area contributed by atoms with Crippen molar-refractivity contribution in [1.82, 2.24) is 5.32 Å². The van der Waals surface area contributed by atoms with Crippen LogP contribution in [-0.4, -0.2) is 91.8 Å². The summed E-state index contributed by atoms with van der Waals surface area (Å²) in [6, 6.07) is -1.73. The van der Waals surface area contributed by atoms with Gasteiger partial charge in [0.05, 0.1) is 18.8 Å². The molecule has 1 amide bonds. The Labute approximate surface area is 326 Å². The number of allylic oxidation sites excluding steroid dienone is 1. The van der Waals surface area contributed by atoms with E-state index in [9.17, 15) is 32.3 Å². The van der Waals surface area contributed by atoms with E-state index in [1.54, 1.807) is 0 Å². The standard InChI is InChI=1S/C41H58F3NO11/c1-20-10-15-40(51-18-20)21(2)32-30(56-40)17-29-27-9-8-25-16-26(11-13-38(25,6)28(27)12-14-39(29,32)7)54-36-33(45-37(49)41(42,43)44)35(53-24(5)48)34(52-23(4)47)31(55-36)19-50-22(3)46/h8,20-21,26-36H,9-19H2,1-7H3,(H,45,49)/t20-,21+,26+,27-,28+,29+,30+,31-,32+,33-,34-,35-,36-,38+,39+,40-/m1/s1. The molecule has 3 saturated carbocycles. The monoisotopic (exact) mass is 797 g/mol. The van der Waals surface area contributed by atoms with Gasteiger partial charge in [-0.25, -0.2) is 0 Å². The Morgan fingerprint density at radius 1 is 0.929 bits per heavy atom. The Bertz CT molecular complexity index is 1580. The third-order valence-corrected chi connectivity index (χ3v) is 14.9. The molecule has 0 aromatic rings. The molecule has 56 heavy (non-hydrogen) atoms. The molecular weight excluding hydrogens is 739 g/mol.